The molecule has 0 aliphatic heterocycles. The van der Waals surface area contributed by atoms with Crippen LogP contribution in [-0.2, 0) is 18.0 Å². The maximum atomic E-state index is 12.6. The van der Waals surface area contributed by atoms with Crippen molar-refractivity contribution in [3.63, 3.8) is 0 Å². The second kappa shape index (κ2) is 9.97. The Morgan fingerprint density at radius 1 is 0.882 bits per heavy atom. The minimum Gasteiger partial charge on any atom is -0.463 e. The number of carbonyl (C=O) groups excluding carboxylic acids is 1. The third kappa shape index (κ3) is 5.11. The number of amides is 1. The smallest absolute Gasteiger partial charge is 0.259 e. The van der Waals surface area contributed by atoms with Gasteiger partial charge in [-0.05, 0) is 29.8 Å². The zero-order valence-electron chi connectivity index (χ0n) is 18.2. The fourth-order valence-electron chi connectivity index (χ4n) is 3.45. The monoisotopic (exact) mass is 451 g/mol. The van der Waals surface area contributed by atoms with E-state index in [4.69, 9.17) is 13.9 Å². The number of anilines is 1. The Labute approximate surface area is 196 Å². The zero-order valence-corrected chi connectivity index (χ0v) is 18.2. The normalized spacial score (nSPS) is 10.8. The van der Waals surface area contributed by atoms with Gasteiger partial charge in [0.15, 0.2) is 0 Å². The minimum atomic E-state index is -0.241. The molecule has 1 amide bonds. The zero-order chi connectivity index (χ0) is 23.2. The Balaban J connectivity index is 1.24. The number of ether oxygens (including phenoxy) is 2. The number of benzene rings is 3. The number of aromatic nitrogens is 2. The maximum absolute atomic E-state index is 12.6. The van der Waals surface area contributed by atoms with Gasteiger partial charge in [-0.3, -0.25) is 4.79 Å². The lowest BCUT2D eigenvalue weighted by atomic mass is 10.1. The third-order valence-electron chi connectivity index (χ3n) is 5.11. The summed E-state index contributed by atoms with van der Waals surface area (Å²) >= 11 is 0. The lowest BCUT2D eigenvalue weighted by Crippen LogP contribution is -2.10. The van der Waals surface area contributed by atoms with Gasteiger partial charge in [-0.15, -0.1) is 0 Å². The quantitative estimate of drug-likeness (QED) is 0.312. The highest BCUT2D eigenvalue weighted by molar-refractivity contribution is 6.12. The lowest BCUT2D eigenvalue weighted by Gasteiger charge is -2.07. The van der Waals surface area contributed by atoms with E-state index in [-0.39, 0.29) is 5.91 Å². The fraction of sp³-hybridized carbons (Fsp3) is 0.0741. The van der Waals surface area contributed by atoms with Crippen molar-refractivity contribution in [3.05, 3.63) is 114 Å². The van der Waals surface area contributed by atoms with Gasteiger partial charge in [0.1, 0.15) is 23.9 Å². The minimum absolute atomic E-state index is 0.241. The van der Waals surface area contributed by atoms with E-state index in [1.54, 1.807) is 24.3 Å². The Hall–Kier alpha value is -4.49. The van der Waals surface area contributed by atoms with Crippen molar-refractivity contribution in [3.8, 4) is 11.6 Å². The lowest BCUT2D eigenvalue weighted by molar-refractivity contribution is 0.102. The Morgan fingerprint density at radius 3 is 2.50 bits per heavy atom. The predicted molar refractivity (Wildman–Crippen MR) is 128 cm³/mol. The third-order valence-corrected chi connectivity index (χ3v) is 5.11. The Morgan fingerprint density at radius 2 is 1.68 bits per heavy atom. The van der Waals surface area contributed by atoms with Crippen molar-refractivity contribution in [2.75, 3.05) is 5.32 Å². The molecule has 5 aromatic rings. The topological polar surface area (TPSA) is 86.5 Å². The van der Waals surface area contributed by atoms with E-state index in [2.05, 4.69) is 15.3 Å². The van der Waals surface area contributed by atoms with Crippen molar-refractivity contribution in [2.45, 2.75) is 13.2 Å². The molecule has 0 unspecified atom stereocenters. The molecule has 1 N–H and O–H groups in total. The molecular weight excluding hydrogens is 430 g/mol. The molecule has 2 heterocycles. The number of carbonyl (C=O) groups is 1. The molecular formula is C27H21N3O4. The summed E-state index contributed by atoms with van der Waals surface area (Å²) in [6.45, 7) is 0.835. The summed E-state index contributed by atoms with van der Waals surface area (Å²) in [5, 5.41) is 3.56. The molecule has 34 heavy (non-hydrogen) atoms. The van der Waals surface area contributed by atoms with Crippen LogP contribution in [0, 0.1) is 0 Å². The molecule has 0 aliphatic rings. The van der Waals surface area contributed by atoms with E-state index in [0.29, 0.717) is 52.8 Å². The summed E-state index contributed by atoms with van der Waals surface area (Å²) < 4.78 is 17.2. The van der Waals surface area contributed by atoms with Crippen LogP contribution in [0.25, 0.3) is 11.0 Å². The van der Waals surface area contributed by atoms with Crippen molar-refractivity contribution in [1.82, 2.24) is 9.97 Å². The van der Waals surface area contributed by atoms with E-state index in [1.807, 2.05) is 60.7 Å². The second-order valence-electron chi connectivity index (χ2n) is 7.56. The molecule has 5 rings (SSSR count). The van der Waals surface area contributed by atoms with Gasteiger partial charge in [0.25, 0.3) is 5.91 Å². The molecule has 2 aromatic heterocycles. The number of hydrogen-bond donors (Lipinski definition) is 1. The van der Waals surface area contributed by atoms with Gasteiger partial charge >= 0.3 is 0 Å². The summed E-state index contributed by atoms with van der Waals surface area (Å²) in [5.74, 6) is 0.683. The number of nitrogens with zero attached hydrogens (tertiary/aromatic N) is 2. The molecule has 7 heteroatoms. The van der Waals surface area contributed by atoms with Crippen LogP contribution in [0.1, 0.15) is 21.6 Å². The average molecular weight is 451 g/mol. The van der Waals surface area contributed by atoms with Gasteiger partial charge in [0.2, 0.25) is 5.88 Å². The number of hydrogen-bond acceptors (Lipinski definition) is 6. The van der Waals surface area contributed by atoms with Gasteiger partial charge < -0.3 is 19.2 Å². The summed E-state index contributed by atoms with van der Waals surface area (Å²) in [6, 6.07) is 26.2. The Kier molecular flexibility index (Phi) is 6.27. The van der Waals surface area contributed by atoms with Gasteiger partial charge in [-0.2, -0.15) is 0 Å². The first-order chi connectivity index (χ1) is 16.7. The first kappa shape index (κ1) is 21.4. The molecule has 0 radical (unpaired) electrons. The standard InChI is InChI=1S/C27H21N3O4/c31-27(30-20-9-5-2-6-10-20)24-17-33-25-14-22(11-12-23(24)25)34-26-13-21(28-18-29-26)16-32-15-19-7-3-1-4-8-19/h1-14,17-18H,15-16H2,(H,30,31). The van der Waals surface area contributed by atoms with E-state index in [1.165, 1.54) is 12.6 Å². The molecule has 0 bridgehead atoms. The molecule has 168 valence electrons. The van der Waals surface area contributed by atoms with Crippen LogP contribution in [0.5, 0.6) is 11.6 Å². The predicted octanol–water partition coefficient (Wildman–Crippen LogP) is 5.98. The number of nitrogens with one attached hydrogen (secondary N) is 1. The number of rotatable bonds is 8. The van der Waals surface area contributed by atoms with E-state index < -0.39 is 0 Å². The molecule has 0 spiro atoms. The molecule has 0 aliphatic carbocycles. The van der Waals surface area contributed by atoms with Gasteiger partial charge in [-0.1, -0.05) is 48.5 Å². The van der Waals surface area contributed by atoms with Crippen LogP contribution >= 0.6 is 0 Å². The molecule has 3 aromatic carbocycles. The van der Waals surface area contributed by atoms with Crippen LogP contribution < -0.4 is 10.1 Å². The maximum Gasteiger partial charge on any atom is 0.259 e. The molecule has 0 fully saturated rings. The van der Waals surface area contributed by atoms with Crippen molar-refractivity contribution in [1.29, 1.82) is 0 Å². The van der Waals surface area contributed by atoms with Gasteiger partial charge in [-0.25, -0.2) is 9.97 Å². The number of para-hydroxylation sites is 1. The van der Waals surface area contributed by atoms with Crippen molar-refractivity contribution < 1.29 is 18.7 Å². The molecule has 0 atom stereocenters. The number of furan rings is 1. The highest BCUT2D eigenvalue weighted by Gasteiger charge is 2.15. The largest absolute Gasteiger partial charge is 0.463 e. The highest BCUT2D eigenvalue weighted by Crippen LogP contribution is 2.28. The number of fused-ring (bicyclic) bond motifs is 1. The van der Waals surface area contributed by atoms with Crippen molar-refractivity contribution >= 4 is 22.6 Å². The Bertz CT molecular complexity index is 1400. The van der Waals surface area contributed by atoms with Crippen LogP contribution in [0.15, 0.2) is 102 Å². The van der Waals surface area contributed by atoms with Gasteiger partial charge in [0.05, 0.1) is 24.5 Å². The van der Waals surface area contributed by atoms with Gasteiger partial charge in [0, 0.05) is 23.2 Å². The highest BCUT2D eigenvalue weighted by atomic mass is 16.5. The van der Waals surface area contributed by atoms with Crippen LogP contribution in [0.4, 0.5) is 5.69 Å². The van der Waals surface area contributed by atoms with E-state index >= 15 is 0 Å². The summed E-state index contributed by atoms with van der Waals surface area (Å²) in [6.07, 6.45) is 2.88. The van der Waals surface area contributed by atoms with Crippen LogP contribution in [0.2, 0.25) is 0 Å². The SMILES string of the molecule is O=C(Nc1ccccc1)c1coc2cc(Oc3cc(COCc4ccccc4)ncn3)ccc12. The van der Waals surface area contributed by atoms with Crippen LogP contribution in [-0.4, -0.2) is 15.9 Å². The van der Waals surface area contributed by atoms with Crippen LogP contribution in [0.3, 0.4) is 0 Å². The second-order valence-corrected chi connectivity index (χ2v) is 7.56. The first-order valence-corrected chi connectivity index (χ1v) is 10.7. The summed E-state index contributed by atoms with van der Waals surface area (Å²) in [5.41, 5.74) is 3.51. The average Bonchev–Trinajstić information content (AvgIpc) is 3.29. The van der Waals surface area contributed by atoms with E-state index in [9.17, 15) is 4.79 Å². The summed E-state index contributed by atoms with van der Waals surface area (Å²) in [4.78, 5) is 21.1. The van der Waals surface area contributed by atoms with E-state index in [0.717, 1.165) is 5.56 Å². The molecule has 7 nitrogen and oxygen atoms in total. The summed E-state index contributed by atoms with van der Waals surface area (Å²) in [7, 11) is 0. The first-order valence-electron chi connectivity index (χ1n) is 10.7. The molecule has 0 saturated heterocycles. The van der Waals surface area contributed by atoms with Crippen molar-refractivity contribution in [2.24, 2.45) is 0 Å². The molecule has 0 saturated carbocycles. The fourth-order valence-corrected chi connectivity index (χ4v) is 3.45.